The molecule has 1 N–H and O–H groups in total. The molecule has 32 heavy (non-hydrogen) atoms. The zero-order valence-corrected chi connectivity index (χ0v) is 17.8. The maximum absolute atomic E-state index is 13.6. The number of nitrogens with zero attached hydrogens (tertiary/aromatic N) is 2. The van der Waals surface area contributed by atoms with E-state index >= 15 is 0 Å². The first-order valence-electron chi connectivity index (χ1n) is 11.3. The summed E-state index contributed by atoms with van der Waals surface area (Å²) in [5, 5.41) is 4.14. The van der Waals surface area contributed by atoms with E-state index in [1.165, 1.54) is 0 Å². The average Bonchev–Trinajstić information content (AvgIpc) is 2.78. The summed E-state index contributed by atoms with van der Waals surface area (Å²) >= 11 is 0. The van der Waals surface area contributed by atoms with Crippen LogP contribution < -0.4 is 5.32 Å². The van der Waals surface area contributed by atoms with E-state index in [0.29, 0.717) is 29.6 Å². The van der Waals surface area contributed by atoms with Crippen molar-refractivity contribution in [1.29, 1.82) is 0 Å². The fraction of sp³-hybridized carbons (Fsp3) is 0.385. The van der Waals surface area contributed by atoms with Crippen molar-refractivity contribution in [3.8, 4) is 0 Å². The first-order chi connectivity index (χ1) is 15.5. The van der Waals surface area contributed by atoms with Gasteiger partial charge in [0.2, 0.25) is 5.91 Å². The quantitative estimate of drug-likeness (QED) is 0.607. The summed E-state index contributed by atoms with van der Waals surface area (Å²) in [5.74, 6) is 0.463. The Morgan fingerprint density at radius 1 is 0.969 bits per heavy atom. The number of ether oxygens (including phenoxy) is 1. The van der Waals surface area contributed by atoms with Crippen molar-refractivity contribution in [2.24, 2.45) is 17.3 Å². The SMILES string of the molecule is O=C(OC12CC3CC(C1)CC(C(=O)Nc1cnc4ccccc4c1)(C3)C2)c1ccccn1. The summed E-state index contributed by atoms with van der Waals surface area (Å²) in [4.78, 5) is 35.1. The third-order valence-corrected chi connectivity index (χ3v) is 7.52. The Balaban J connectivity index is 1.26. The van der Waals surface area contributed by atoms with Crippen molar-refractivity contribution >= 4 is 28.5 Å². The van der Waals surface area contributed by atoms with E-state index in [4.69, 9.17) is 4.74 Å². The van der Waals surface area contributed by atoms with Crippen molar-refractivity contribution in [3.05, 3.63) is 66.6 Å². The normalized spacial score (nSPS) is 30.2. The predicted molar refractivity (Wildman–Crippen MR) is 120 cm³/mol. The Hall–Kier alpha value is -3.28. The number of aromatic nitrogens is 2. The van der Waals surface area contributed by atoms with E-state index in [-0.39, 0.29) is 11.9 Å². The molecule has 4 fully saturated rings. The van der Waals surface area contributed by atoms with E-state index in [9.17, 15) is 9.59 Å². The first kappa shape index (κ1) is 19.4. The minimum atomic E-state index is -0.572. The Labute approximate surface area is 186 Å². The third-order valence-electron chi connectivity index (χ3n) is 7.52. The van der Waals surface area contributed by atoms with Crippen LogP contribution >= 0.6 is 0 Å². The lowest BCUT2D eigenvalue weighted by atomic mass is 9.47. The maximum Gasteiger partial charge on any atom is 0.357 e. The molecule has 1 amide bonds. The van der Waals surface area contributed by atoms with Gasteiger partial charge in [-0.1, -0.05) is 24.3 Å². The van der Waals surface area contributed by atoms with Crippen LogP contribution in [0.2, 0.25) is 0 Å². The van der Waals surface area contributed by atoms with Gasteiger partial charge in [0.05, 0.1) is 22.8 Å². The number of para-hydroxylation sites is 1. The van der Waals surface area contributed by atoms with Crippen LogP contribution in [0.25, 0.3) is 10.9 Å². The molecule has 4 saturated carbocycles. The second-order valence-electron chi connectivity index (χ2n) is 9.90. The Kier molecular flexibility index (Phi) is 4.32. The number of benzene rings is 1. The molecular formula is C26H25N3O3. The van der Waals surface area contributed by atoms with Gasteiger partial charge < -0.3 is 10.1 Å². The van der Waals surface area contributed by atoms with E-state index in [1.807, 2.05) is 30.3 Å². The van der Waals surface area contributed by atoms with Crippen LogP contribution in [-0.2, 0) is 9.53 Å². The highest BCUT2D eigenvalue weighted by molar-refractivity contribution is 5.97. The smallest absolute Gasteiger partial charge is 0.357 e. The van der Waals surface area contributed by atoms with Gasteiger partial charge in [-0.15, -0.1) is 0 Å². The molecule has 2 heterocycles. The number of pyridine rings is 2. The molecule has 3 aromatic rings. The number of nitrogens with one attached hydrogen (secondary N) is 1. The van der Waals surface area contributed by atoms with Crippen LogP contribution in [0, 0.1) is 17.3 Å². The molecule has 4 aliphatic rings. The van der Waals surface area contributed by atoms with Crippen molar-refractivity contribution in [1.82, 2.24) is 9.97 Å². The zero-order valence-electron chi connectivity index (χ0n) is 17.8. The molecule has 2 atom stereocenters. The Morgan fingerprint density at radius 3 is 2.53 bits per heavy atom. The summed E-state index contributed by atoms with van der Waals surface area (Å²) in [6, 6.07) is 15.1. The van der Waals surface area contributed by atoms with E-state index < -0.39 is 11.0 Å². The van der Waals surface area contributed by atoms with Gasteiger partial charge in [0, 0.05) is 18.0 Å². The molecule has 1 aromatic carbocycles. The van der Waals surface area contributed by atoms with Gasteiger partial charge in [0.15, 0.2) is 0 Å². The van der Waals surface area contributed by atoms with Gasteiger partial charge in [-0.25, -0.2) is 9.78 Å². The lowest BCUT2D eigenvalue weighted by Gasteiger charge is -2.60. The van der Waals surface area contributed by atoms with Gasteiger partial charge in [0.1, 0.15) is 11.3 Å². The minimum Gasteiger partial charge on any atom is -0.454 e. The monoisotopic (exact) mass is 427 g/mol. The van der Waals surface area contributed by atoms with Gasteiger partial charge in [-0.3, -0.25) is 9.78 Å². The molecular weight excluding hydrogens is 402 g/mol. The van der Waals surface area contributed by atoms with Crippen LogP contribution in [0.15, 0.2) is 60.9 Å². The van der Waals surface area contributed by atoms with Crippen LogP contribution in [0.5, 0.6) is 0 Å². The summed E-state index contributed by atoms with van der Waals surface area (Å²) in [5.41, 5.74) is 0.867. The lowest BCUT2D eigenvalue weighted by molar-refractivity contribution is -0.176. The maximum atomic E-state index is 13.6. The van der Waals surface area contributed by atoms with Gasteiger partial charge in [-0.05, 0) is 68.2 Å². The summed E-state index contributed by atoms with van der Waals surface area (Å²) in [6.45, 7) is 0. The highest BCUT2D eigenvalue weighted by Crippen LogP contribution is 2.63. The number of carbonyl (C=O) groups excluding carboxylic acids is 2. The lowest BCUT2D eigenvalue weighted by Crippen LogP contribution is -2.60. The van der Waals surface area contributed by atoms with E-state index in [0.717, 1.165) is 43.0 Å². The largest absolute Gasteiger partial charge is 0.454 e. The van der Waals surface area contributed by atoms with Crippen molar-refractivity contribution < 1.29 is 14.3 Å². The van der Waals surface area contributed by atoms with Gasteiger partial charge in [0.25, 0.3) is 0 Å². The van der Waals surface area contributed by atoms with Gasteiger partial charge >= 0.3 is 5.97 Å². The number of fused-ring (bicyclic) bond motifs is 1. The van der Waals surface area contributed by atoms with Gasteiger partial charge in [-0.2, -0.15) is 0 Å². The number of esters is 1. The Morgan fingerprint density at radius 2 is 1.75 bits per heavy atom. The molecule has 2 aromatic heterocycles. The zero-order chi connectivity index (χ0) is 21.8. The van der Waals surface area contributed by atoms with Crippen LogP contribution in [0.1, 0.15) is 49.0 Å². The average molecular weight is 428 g/mol. The third kappa shape index (κ3) is 3.25. The number of anilines is 1. The molecule has 7 rings (SSSR count). The van der Waals surface area contributed by atoms with Crippen molar-refractivity contribution in [2.75, 3.05) is 5.32 Å². The second-order valence-corrected chi connectivity index (χ2v) is 9.90. The molecule has 0 saturated heterocycles. The molecule has 162 valence electrons. The van der Waals surface area contributed by atoms with Crippen molar-refractivity contribution in [2.45, 2.75) is 44.1 Å². The van der Waals surface area contributed by atoms with Crippen LogP contribution in [-0.4, -0.2) is 27.4 Å². The highest BCUT2D eigenvalue weighted by atomic mass is 16.6. The predicted octanol–water partition coefficient (Wildman–Crippen LogP) is 4.76. The molecule has 6 nitrogen and oxygen atoms in total. The topological polar surface area (TPSA) is 81.2 Å². The fourth-order valence-corrected chi connectivity index (χ4v) is 6.70. The molecule has 0 aliphatic heterocycles. The summed E-state index contributed by atoms with van der Waals surface area (Å²) in [6.07, 6.45) is 8.43. The molecule has 6 heteroatoms. The van der Waals surface area contributed by atoms with Crippen LogP contribution in [0.3, 0.4) is 0 Å². The Bertz CT molecular complexity index is 1200. The number of amides is 1. The standard InChI is InChI=1S/C26H25N3O3/c30-23(22-7-3-4-8-27-22)32-26-13-17-9-18(14-26)12-25(11-17,16-26)24(31)29-20-10-19-5-1-2-6-21(19)28-15-20/h1-8,10,15,17-18H,9,11-14,16H2,(H,29,31). The molecule has 2 unspecified atom stereocenters. The van der Waals surface area contributed by atoms with E-state index in [2.05, 4.69) is 15.3 Å². The molecule has 0 spiro atoms. The second kappa shape index (κ2) is 7.12. The molecule has 4 bridgehead atoms. The highest BCUT2D eigenvalue weighted by Gasteiger charge is 2.62. The number of hydrogen-bond donors (Lipinski definition) is 1. The van der Waals surface area contributed by atoms with Crippen molar-refractivity contribution in [3.63, 3.8) is 0 Å². The summed E-state index contributed by atoms with van der Waals surface area (Å²) in [7, 11) is 0. The summed E-state index contributed by atoms with van der Waals surface area (Å²) < 4.78 is 6.13. The first-order valence-corrected chi connectivity index (χ1v) is 11.3. The molecule has 0 radical (unpaired) electrons. The number of rotatable bonds is 4. The minimum absolute atomic E-state index is 0.0296. The number of carbonyl (C=O) groups is 2. The number of hydrogen-bond acceptors (Lipinski definition) is 5. The van der Waals surface area contributed by atoms with Crippen LogP contribution in [0.4, 0.5) is 5.69 Å². The molecule has 4 aliphatic carbocycles. The fourth-order valence-electron chi connectivity index (χ4n) is 6.70. The van der Waals surface area contributed by atoms with E-state index in [1.54, 1.807) is 30.6 Å².